The Kier molecular flexibility index (Phi) is 26.9. The molecule has 2 aliphatic heterocycles. The highest BCUT2D eigenvalue weighted by Crippen LogP contribution is 2.40. The van der Waals surface area contributed by atoms with Gasteiger partial charge in [-0.1, -0.05) is 218 Å². The smallest absolute Gasteiger partial charge is 0.342 e. The zero-order chi connectivity index (χ0) is 49.3. The lowest BCUT2D eigenvalue weighted by Gasteiger charge is -2.15. The van der Waals surface area contributed by atoms with Crippen LogP contribution in [0.5, 0.6) is 0 Å². The molecular formula is C54H80N2O8S4. The second-order valence-corrected chi connectivity index (χ2v) is 21.8. The molecule has 2 saturated heterocycles. The van der Waals surface area contributed by atoms with Gasteiger partial charge in [-0.25, -0.2) is 9.59 Å². The Morgan fingerprint density at radius 3 is 1.22 bits per heavy atom. The van der Waals surface area contributed by atoms with Gasteiger partial charge in [-0.05, 0) is 49.7 Å². The Morgan fingerprint density at radius 2 is 0.882 bits per heavy atom. The highest BCUT2D eigenvalue weighted by Gasteiger charge is 2.35. The van der Waals surface area contributed by atoms with E-state index in [1.807, 2.05) is 0 Å². The lowest BCUT2D eigenvalue weighted by molar-refractivity contribution is -0.123. The number of rotatable bonds is 35. The summed E-state index contributed by atoms with van der Waals surface area (Å²) in [6.07, 6.45) is 29.2. The fraction of sp³-hybridized carbons (Fsp3) is 0.667. The van der Waals surface area contributed by atoms with Crippen LogP contribution in [0.2, 0.25) is 0 Å². The third-order valence-electron chi connectivity index (χ3n) is 12.9. The zero-order valence-electron chi connectivity index (χ0n) is 42.1. The summed E-state index contributed by atoms with van der Waals surface area (Å²) in [5.41, 5.74) is 0.0778. The molecule has 0 aliphatic carbocycles. The van der Waals surface area contributed by atoms with Crippen LogP contribution in [-0.2, 0) is 19.1 Å². The van der Waals surface area contributed by atoms with Gasteiger partial charge in [0.25, 0.3) is 11.8 Å². The number of unbranched alkanes of at least 4 members (excludes halogenated alkanes) is 16. The molecule has 0 N–H and O–H groups in total. The highest BCUT2D eigenvalue weighted by atomic mass is 32.2. The number of carbonyl (C=O) groups excluding carboxylic acids is 4. The van der Waals surface area contributed by atoms with E-state index in [9.17, 15) is 19.2 Å². The summed E-state index contributed by atoms with van der Waals surface area (Å²) in [4.78, 5) is 59.9. The predicted octanol–water partition coefficient (Wildman–Crippen LogP) is 16.0. The van der Waals surface area contributed by atoms with Crippen LogP contribution >= 0.6 is 48.0 Å². The lowest BCUT2D eigenvalue weighted by Crippen LogP contribution is -2.29. The summed E-state index contributed by atoms with van der Waals surface area (Å²) in [5, 5.41) is 0. The molecule has 2 fully saturated rings. The molecule has 10 nitrogen and oxygen atoms in total. The Bertz CT molecular complexity index is 1860. The number of esters is 2. The van der Waals surface area contributed by atoms with E-state index >= 15 is 0 Å². The van der Waals surface area contributed by atoms with E-state index in [-0.39, 0.29) is 71.0 Å². The molecule has 68 heavy (non-hydrogen) atoms. The van der Waals surface area contributed by atoms with E-state index in [2.05, 4.69) is 41.5 Å². The van der Waals surface area contributed by atoms with Crippen LogP contribution in [0.15, 0.2) is 30.8 Å². The van der Waals surface area contributed by atoms with Crippen LogP contribution in [0, 0.1) is 11.8 Å². The number of carbonyl (C=O) groups is 4. The summed E-state index contributed by atoms with van der Waals surface area (Å²) < 4.78 is 25.8. The van der Waals surface area contributed by atoms with Crippen molar-refractivity contribution in [3.63, 3.8) is 0 Å². The molecule has 2 aromatic rings. The maximum atomic E-state index is 14.2. The van der Waals surface area contributed by atoms with Crippen LogP contribution in [0.1, 0.15) is 228 Å². The summed E-state index contributed by atoms with van der Waals surface area (Å²) in [6, 6.07) is 3.06. The number of hydrogen-bond donors (Lipinski definition) is 0. The molecular weight excluding hydrogens is 933 g/mol. The van der Waals surface area contributed by atoms with Crippen molar-refractivity contribution in [1.29, 1.82) is 0 Å². The molecule has 0 spiro atoms. The number of nitrogens with zero attached hydrogens (tertiary/aromatic N) is 2. The van der Waals surface area contributed by atoms with Crippen LogP contribution in [0.25, 0.3) is 23.7 Å². The van der Waals surface area contributed by atoms with E-state index in [1.54, 1.807) is 22.0 Å². The van der Waals surface area contributed by atoms with Crippen molar-refractivity contribution < 1.29 is 37.5 Å². The van der Waals surface area contributed by atoms with Crippen molar-refractivity contribution in [2.45, 2.75) is 196 Å². The summed E-state index contributed by atoms with van der Waals surface area (Å²) >= 11 is 13.7. The van der Waals surface area contributed by atoms with Gasteiger partial charge in [0.05, 0.1) is 23.0 Å². The van der Waals surface area contributed by atoms with E-state index in [1.165, 1.54) is 99.9 Å². The number of furan rings is 2. The standard InChI is InChI=1S/C54H80N2O8S4/c1-7-13-17-19-21-23-25-27-31-55-49(57)45(67-53(55)65)35-41-33-43(51(59)61-37-39(11-5)29-15-9-3)47(63-41)48-44(52(60)62-38-40(12-6)30-16-10-4)34-42(64-48)36-46-50(58)56(54(66)68-46)32-28-26-24-22-20-18-14-8-2/h33-36,39-40H,7-32,37-38H2,1-6H3/b45-35-,46-36-. The first-order valence-corrected chi connectivity index (χ1v) is 28.6. The minimum atomic E-state index is -0.648. The average molecular weight is 1010 g/mol. The molecule has 378 valence electrons. The number of thioether (sulfide) groups is 2. The fourth-order valence-corrected chi connectivity index (χ4v) is 11.0. The summed E-state index contributed by atoms with van der Waals surface area (Å²) in [6.45, 7) is 14.4. The highest BCUT2D eigenvalue weighted by molar-refractivity contribution is 8.27. The summed E-state index contributed by atoms with van der Waals surface area (Å²) in [7, 11) is 0. The monoisotopic (exact) mass is 1010 g/mol. The molecule has 0 aromatic carbocycles. The quantitative estimate of drug-likeness (QED) is 0.0283. The van der Waals surface area contributed by atoms with E-state index in [4.69, 9.17) is 42.7 Å². The minimum absolute atomic E-state index is 0.0378. The first kappa shape index (κ1) is 57.4. The van der Waals surface area contributed by atoms with Crippen LogP contribution in [0.3, 0.4) is 0 Å². The third kappa shape index (κ3) is 18.2. The Morgan fingerprint density at radius 1 is 0.544 bits per heavy atom. The third-order valence-corrected chi connectivity index (χ3v) is 15.7. The van der Waals surface area contributed by atoms with Gasteiger partial charge >= 0.3 is 11.9 Å². The van der Waals surface area contributed by atoms with E-state index < -0.39 is 11.9 Å². The number of hydrogen-bond acceptors (Lipinski definition) is 12. The van der Waals surface area contributed by atoms with Crippen molar-refractivity contribution in [3.05, 3.63) is 44.6 Å². The molecule has 14 heteroatoms. The van der Waals surface area contributed by atoms with Crippen LogP contribution in [0.4, 0.5) is 0 Å². The maximum absolute atomic E-state index is 14.2. The fourth-order valence-electron chi connectivity index (χ4n) is 8.39. The van der Waals surface area contributed by atoms with Crippen LogP contribution in [-0.4, -0.2) is 68.5 Å². The molecule has 2 aliphatic rings. The molecule has 2 amide bonds. The van der Waals surface area contributed by atoms with Gasteiger partial charge in [-0.2, -0.15) is 0 Å². The van der Waals surface area contributed by atoms with Crippen molar-refractivity contribution in [1.82, 2.24) is 9.80 Å². The largest absolute Gasteiger partial charge is 0.462 e. The molecule has 0 radical (unpaired) electrons. The Hall–Kier alpha value is -3.20. The van der Waals surface area contributed by atoms with Gasteiger partial charge in [-0.15, -0.1) is 0 Å². The predicted molar refractivity (Wildman–Crippen MR) is 289 cm³/mol. The summed E-state index contributed by atoms with van der Waals surface area (Å²) in [5.74, 6) is -1.07. The lowest BCUT2D eigenvalue weighted by atomic mass is 10.0. The topological polar surface area (TPSA) is 120 Å². The Labute approximate surface area is 427 Å². The number of amides is 2. The first-order chi connectivity index (χ1) is 33.0. The SMILES string of the molecule is CCCCCCCCCCN1C(=O)/C(=C/c2cc(C(=O)OCC(CC)CCCC)c(-c3oc(/C=C4\SC(=S)N(CCCCCCCCCC)C4=O)cc3C(=O)OCC(CC)CCCC)o2)SC1=S. The van der Waals surface area contributed by atoms with E-state index in [0.29, 0.717) is 31.5 Å². The Balaban J connectivity index is 1.67. The van der Waals surface area contributed by atoms with Crippen molar-refractivity contribution in [3.8, 4) is 11.5 Å². The molecule has 2 aromatic heterocycles. The molecule has 4 heterocycles. The molecule has 2 unspecified atom stereocenters. The zero-order valence-corrected chi connectivity index (χ0v) is 45.3. The van der Waals surface area contributed by atoms with E-state index in [0.717, 1.165) is 89.9 Å². The van der Waals surface area contributed by atoms with Crippen molar-refractivity contribution in [2.24, 2.45) is 11.8 Å². The second kappa shape index (κ2) is 31.9. The first-order valence-electron chi connectivity index (χ1n) is 26.1. The van der Waals surface area contributed by atoms with Gasteiger partial charge < -0.3 is 18.3 Å². The number of ether oxygens (including phenoxy) is 2. The molecule has 0 bridgehead atoms. The van der Waals surface area contributed by atoms with Crippen molar-refractivity contribution >= 4 is 92.5 Å². The maximum Gasteiger partial charge on any atom is 0.342 e. The molecule has 2 atom stereocenters. The van der Waals surface area contributed by atoms with Gasteiger partial charge in [0.1, 0.15) is 31.3 Å². The van der Waals surface area contributed by atoms with Gasteiger partial charge in [0.2, 0.25) is 0 Å². The van der Waals surface area contributed by atoms with Crippen molar-refractivity contribution in [2.75, 3.05) is 26.3 Å². The second-order valence-electron chi connectivity index (χ2n) is 18.4. The van der Waals surface area contributed by atoms with Gasteiger partial charge in [-0.3, -0.25) is 19.4 Å². The molecule has 0 saturated carbocycles. The number of thiocarbonyl (C=S) groups is 2. The van der Waals surface area contributed by atoms with Crippen LogP contribution < -0.4 is 0 Å². The van der Waals surface area contributed by atoms with Gasteiger partial charge in [0.15, 0.2) is 11.5 Å². The van der Waals surface area contributed by atoms with Gasteiger partial charge in [0, 0.05) is 25.2 Å². The average Bonchev–Trinajstić information content (AvgIpc) is 4.08. The minimum Gasteiger partial charge on any atom is -0.462 e. The normalized spacial score (nSPS) is 16.3. The molecule has 4 rings (SSSR count).